The number of nitrogens with zero attached hydrogens (tertiary/aromatic N) is 4. The number of carbonyl (C=O) groups excluding carboxylic acids is 2. The Morgan fingerprint density at radius 2 is 1.82 bits per heavy atom. The zero-order valence-corrected chi connectivity index (χ0v) is 27.3. The van der Waals surface area contributed by atoms with Crippen LogP contribution >= 0.6 is 0 Å². The van der Waals surface area contributed by atoms with Gasteiger partial charge in [0, 0.05) is 45.0 Å². The largest absolute Gasteiger partial charge is 0.350 e. The van der Waals surface area contributed by atoms with E-state index >= 15 is 4.39 Å². The third-order valence-corrected chi connectivity index (χ3v) is 10.8. The van der Waals surface area contributed by atoms with Crippen LogP contribution < -0.4 is 22.1 Å². The van der Waals surface area contributed by atoms with Crippen LogP contribution in [-0.4, -0.2) is 128 Å². The van der Waals surface area contributed by atoms with Crippen molar-refractivity contribution in [2.24, 2.45) is 27.8 Å². The number of carbonyl (C=O) groups is 2. The van der Waals surface area contributed by atoms with E-state index in [1.54, 1.807) is 0 Å². The maximum Gasteiger partial charge on any atom is 0.240 e. The highest BCUT2D eigenvalue weighted by atomic mass is 19.1. The molecular formula is C32H58F2N8O2. The molecule has 4 rings (SSSR count). The first-order valence-corrected chi connectivity index (χ1v) is 17.2. The Morgan fingerprint density at radius 3 is 2.48 bits per heavy atom. The van der Waals surface area contributed by atoms with Crippen molar-refractivity contribution in [3.63, 3.8) is 0 Å². The number of likely N-dealkylation sites (N-methyl/N-ethyl adjacent to an activating group) is 1. The number of aliphatic imine (C=N–C) groups is 1. The Hall–Kier alpha value is -1.73. The molecule has 0 spiro atoms. The molecule has 4 heterocycles. The Balaban J connectivity index is 1.45. The number of hydrogen-bond acceptors (Lipinski definition) is 8. The standard InChI is InChI=1S/C32H58F2N8O2/c1-4-11-32(5-2)12-10-22(33)19-38-24(18-32)27(29(35)36)30(43)39-25-21-37-20-23(34)28(25)41-14-16-42(17-15-41)31(44)26-9-7-8-13-40(26)6-3/h22-23,25-29,37H,4-21,35-36H2,1-3H3,(H,39,43)/b38-24+. The summed E-state index contributed by atoms with van der Waals surface area (Å²) in [5.41, 5.74) is 12.9. The summed E-state index contributed by atoms with van der Waals surface area (Å²) >= 11 is 0. The Labute approximate surface area is 263 Å². The van der Waals surface area contributed by atoms with Crippen LogP contribution in [-0.2, 0) is 9.59 Å². The maximum absolute atomic E-state index is 15.6. The number of alkyl halides is 2. The molecule has 0 aromatic rings. The lowest BCUT2D eigenvalue weighted by Crippen LogP contribution is -2.68. The second-order valence-electron chi connectivity index (χ2n) is 13.6. The van der Waals surface area contributed by atoms with E-state index in [-0.39, 0.29) is 36.4 Å². The molecular weight excluding hydrogens is 566 g/mol. The molecule has 7 atom stereocenters. The summed E-state index contributed by atoms with van der Waals surface area (Å²) in [6.07, 6.45) is 4.26. The van der Waals surface area contributed by atoms with Crippen molar-refractivity contribution in [3.05, 3.63) is 0 Å². The van der Waals surface area contributed by atoms with Crippen molar-refractivity contribution >= 4 is 17.5 Å². The van der Waals surface area contributed by atoms with Crippen molar-refractivity contribution < 1.29 is 18.4 Å². The van der Waals surface area contributed by atoms with Gasteiger partial charge in [0.05, 0.1) is 30.8 Å². The molecule has 3 fully saturated rings. The van der Waals surface area contributed by atoms with Crippen LogP contribution in [0.15, 0.2) is 4.99 Å². The summed E-state index contributed by atoms with van der Waals surface area (Å²) in [7, 11) is 0. The normalized spacial score (nSPS) is 35.0. The molecule has 4 aliphatic rings. The quantitative estimate of drug-likeness (QED) is 0.273. The molecule has 3 saturated heterocycles. The van der Waals surface area contributed by atoms with Crippen molar-refractivity contribution in [2.75, 3.05) is 58.9 Å². The summed E-state index contributed by atoms with van der Waals surface area (Å²) in [4.78, 5) is 38.2. The fraction of sp³-hybridized carbons (Fsp3) is 0.906. The first-order valence-electron chi connectivity index (χ1n) is 17.2. The van der Waals surface area contributed by atoms with Gasteiger partial charge in [-0.05, 0) is 57.0 Å². The number of piperazine rings is 1. The summed E-state index contributed by atoms with van der Waals surface area (Å²) < 4.78 is 30.3. The molecule has 0 aromatic carbocycles. The number of piperidine rings is 2. The highest BCUT2D eigenvalue weighted by Gasteiger charge is 2.43. The summed E-state index contributed by atoms with van der Waals surface area (Å²) in [5.74, 6) is -1.12. The van der Waals surface area contributed by atoms with Gasteiger partial charge in [0.1, 0.15) is 18.3 Å². The molecule has 12 heteroatoms. The van der Waals surface area contributed by atoms with E-state index in [1.807, 2.05) is 4.90 Å². The number of hydrogen-bond donors (Lipinski definition) is 4. The zero-order chi connectivity index (χ0) is 31.9. The number of amides is 2. The van der Waals surface area contributed by atoms with Gasteiger partial charge in [0.15, 0.2) is 0 Å². The number of rotatable bonds is 10. The molecule has 0 aromatic heterocycles. The Bertz CT molecular complexity index is 978. The highest BCUT2D eigenvalue weighted by Crippen LogP contribution is 2.40. The van der Waals surface area contributed by atoms with Crippen molar-refractivity contribution in [3.8, 4) is 0 Å². The Morgan fingerprint density at radius 1 is 1.07 bits per heavy atom. The first kappa shape index (κ1) is 35.1. The lowest BCUT2D eigenvalue weighted by molar-refractivity contribution is -0.140. The zero-order valence-electron chi connectivity index (χ0n) is 27.3. The number of likely N-dealkylation sites (tertiary alicyclic amines) is 1. The smallest absolute Gasteiger partial charge is 0.240 e. The minimum absolute atomic E-state index is 0.00220. The summed E-state index contributed by atoms with van der Waals surface area (Å²) in [6, 6.07) is -1.12. The molecule has 0 bridgehead atoms. The molecule has 0 aliphatic carbocycles. The van der Waals surface area contributed by atoms with Gasteiger partial charge in [0.2, 0.25) is 11.8 Å². The van der Waals surface area contributed by atoms with E-state index in [1.165, 1.54) is 0 Å². The van der Waals surface area contributed by atoms with Gasteiger partial charge in [-0.1, -0.05) is 40.0 Å². The molecule has 0 saturated carbocycles. The molecule has 7 unspecified atom stereocenters. The van der Waals surface area contributed by atoms with Gasteiger partial charge in [-0.2, -0.15) is 0 Å². The summed E-state index contributed by atoms with van der Waals surface area (Å²) in [5, 5.41) is 6.22. The van der Waals surface area contributed by atoms with Gasteiger partial charge >= 0.3 is 0 Å². The van der Waals surface area contributed by atoms with E-state index in [9.17, 15) is 14.0 Å². The van der Waals surface area contributed by atoms with E-state index in [0.717, 1.165) is 58.0 Å². The molecule has 0 radical (unpaired) electrons. The van der Waals surface area contributed by atoms with Gasteiger partial charge in [0.25, 0.3) is 0 Å². The molecule has 44 heavy (non-hydrogen) atoms. The van der Waals surface area contributed by atoms with E-state index in [4.69, 9.17) is 11.5 Å². The van der Waals surface area contributed by atoms with Crippen molar-refractivity contribution in [1.82, 2.24) is 25.3 Å². The molecule has 252 valence electrons. The van der Waals surface area contributed by atoms with Gasteiger partial charge in [-0.25, -0.2) is 8.78 Å². The van der Waals surface area contributed by atoms with Crippen LogP contribution in [0.5, 0.6) is 0 Å². The molecule has 6 N–H and O–H groups in total. The predicted molar refractivity (Wildman–Crippen MR) is 171 cm³/mol. The lowest BCUT2D eigenvalue weighted by atomic mass is 9.70. The van der Waals surface area contributed by atoms with Gasteiger partial charge < -0.3 is 27.0 Å². The van der Waals surface area contributed by atoms with Gasteiger partial charge in [-0.15, -0.1) is 0 Å². The van der Waals surface area contributed by atoms with Crippen molar-refractivity contribution in [2.45, 2.75) is 115 Å². The van der Waals surface area contributed by atoms with Crippen molar-refractivity contribution in [1.29, 1.82) is 0 Å². The average molecular weight is 625 g/mol. The second-order valence-corrected chi connectivity index (χ2v) is 13.6. The average Bonchev–Trinajstić information content (AvgIpc) is 3.01. The van der Waals surface area contributed by atoms with E-state index < -0.39 is 36.5 Å². The van der Waals surface area contributed by atoms with E-state index in [2.05, 4.69) is 46.2 Å². The fourth-order valence-electron chi connectivity index (χ4n) is 8.14. The topological polar surface area (TPSA) is 132 Å². The molecule has 2 amide bonds. The molecule has 10 nitrogen and oxygen atoms in total. The van der Waals surface area contributed by atoms with Crippen LogP contribution in [0.3, 0.4) is 0 Å². The monoisotopic (exact) mass is 624 g/mol. The minimum atomic E-state index is -1.20. The third kappa shape index (κ3) is 8.34. The van der Waals surface area contributed by atoms with Crippen LogP contribution in [0.2, 0.25) is 0 Å². The van der Waals surface area contributed by atoms with Crippen LogP contribution in [0, 0.1) is 11.3 Å². The fourth-order valence-corrected chi connectivity index (χ4v) is 8.14. The third-order valence-electron chi connectivity index (χ3n) is 10.8. The Kier molecular flexibility index (Phi) is 12.9. The minimum Gasteiger partial charge on any atom is -0.350 e. The number of nitrogens with one attached hydrogen (secondary N) is 2. The van der Waals surface area contributed by atoms with E-state index in [0.29, 0.717) is 51.3 Å². The predicted octanol–water partition coefficient (Wildman–Crippen LogP) is 1.82. The maximum atomic E-state index is 15.6. The second kappa shape index (κ2) is 16.2. The number of nitrogens with two attached hydrogens (primary N) is 2. The van der Waals surface area contributed by atoms with Crippen LogP contribution in [0.1, 0.15) is 78.6 Å². The lowest BCUT2D eigenvalue weighted by Gasteiger charge is -2.47. The first-order chi connectivity index (χ1) is 21.1. The SMILES string of the molecule is CCCC1(CC)CCC(F)C/N=C(/C(C(=O)NC2CNCC(F)C2N2CCN(C(=O)C3CCCCN3CC)CC2)C(N)N)C1. The highest BCUT2D eigenvalue weighted by molar-refractivity contribution is 6.05. The van der Waals surface area contributed by atoms with Crippen LogP contribution in [0.4, 0.5) is 8.78 Å². The van der Waals surface area contributed by atoms with Gasteiger partial charge in [-0.3, -0.25) is 24.4 Å². The number of halogens is 2. The molecule has 4 aliphatic heterocycles. The van der Waals surface area contributed by atoms with Crippen LogP contribution in [0.25, 0.3) is 0 Å². The summed E-state index contributed by atoms with van der Waals surface area (Å²) in [6.45, 7) is 10.9.